The number of imidazole rings is 1. The summed E-state index contributed by atoms with van der Waals surface area (Å²) in [5.41, 5.74) is 6.95. The van der Waals surface area contributed by atoms with Crippen LogP contribution in [0.1, 0.15) is 61.9 Å². The average Bonchev–Trinajstić information content (AvgIpc) is 3.67. The first-order valence-corrected chi connectivity index (χ1v) is 14.4. The lowest BCUT2D eigenvalue weighted by atomic mass is 9.93. The summed E-state index contributed by atoms with van der Waals surface area (Å²) in [5.74, 6) is 1.96. The predicted octanol–water partition coefficient (Wildman–Crippen LogP) is 6.56. The number of carbonyl (C=O) groups is 1. The summed E-state index contributed by atoms with van der Waals surface area (Å²) in [4.78, 5) is 17.7. The van der Waals surface area contributed by atoms with Gasteiger partial charge in [0.1, 0.15) is 11.5 Å². The van der Waals surface area contributed by atoms with Gasteiger partial charge in [-0.05, 0) is 63.9 Å². The molecule has 0 saturated carbocycles. The molecule has 0 atom stereocenters. The van der Waals surface area contributed by atoms with Crippen LogP contribution in [-0.2, 0) is 13.0 Å². The molecule has 8 heteroatoms. The molecule has 2 aromatic heterocycles. The van der Waals surface area contributed by atoms with Gasteiger partial charge in [0, 0.05) is 25.1 Å². The van der Waals surface area contributed by atoms with Crippen LogP contribution in [0.5, 0.6) is 0 Å². The molecule has 210 valence electrons. The molecule has 0 unspecified atom stereocenters. The van der Waals surface area contributed by atoms with Gasteiger partial charge in [-0.1, -0.05) is 87.9 Å². The van der Waals surface area contributed by atoms with E-state index in [-0.39, 0.29) is 5.91 Å². The standard InChI is InChI=1S/C33H37N7O/c1-4-5-11-31-35-21-30(33(41)34-19-18-23(2)3)40(31)22-24-12-14-26(15-13-24)29-20-27(25-9-7-6-8-10-25)16-17-28(29)32-36-38-39-37-32/h6-10,12-17,20-21,23H,4-5,11,18-19,22H2,1-3H3,(H,34,41)(H,36,37,38,39). The van der Waals surface area contributed by atoms with E-state index in [2.05, 4.69) is 105 Å². The number of tetrazole rings is 1. The van der Waals surface area contributed by atoms with Crippen molar-refractivity contribution in [3.8, 4) is 33.6 Å². The Hall–Kier alpha value is -4.59. The zero-order valence-corrected chi connectivity index (χ0v) is 24.0. The lowest BCUT2D eigenvalue weighted by Crippen LogP contribution is -2.28. The van der Waals surface area contributed by atoms with E-state index < -0.39 is 0 Å². The third-order valence-corrected chi connectivity index (χ3v) is 7.25. The molecule has 41 heavy (non-hydrogen) atoms. The molecule has 5 rings (SSSR count). The number of H-pyrrole nitrogens is 1. The Kier molecular flexibility index (Phi) is 8.98. The van der Waals surface area contributed by atoms with Crippen LogP contribution in [0.2, 0.25) is 0 Å². The molecule has 5 aromatic rings. The monoisotopic (exact) mass is 547 g/mol. The van der Waals surface area contributed by atoms with Gasteiger partial charge >= 0.3 is 0 Å². The molecular formula is C33H37N7O. The Labute approximate surface area is 241 Å². The highest BCUT2D eigenvalue weighted by Crippen LogP contribution is 2.34. The summed E-state index contributed by atoms with van der Waals surface area (Å²) >= 11 is 0. The van der Waals surface area contributed by atoms with Crippen LogP contribution in [0, 0.1) is 5.92 Å². The van der Waals surface area contributed by atoms with Crippen molar-refractivity contribution < 1.29 is 4.79 Å². The largest absolute Gasteiger partial charge is 0.351 e. The summed E-state index contributed by atoms with van der Waals surface area (Å²) in [7, 11) is 0. The van der Waals surface area contributed by atoms with Crippen LogP contribution in [-0.4, -0.2) is 42.6 Å². The molecule has 0 fully saturated rings. The normalized spacial score (nSPS) is 11.2. The Morgan fingerprint density at radius 1 is 0.951 bits per heavy atom. The number of hydrogen-bond acceptors (Lipinski definition) is 5. The average molecular weight is 548 g/mol. The van der Waals surface area contributed by atoms with Crippen LogP contribution in [0.3, 0.4) is 0 Å². The molecule has 8 nitrogen and oxygen atoms in total. The number of rotatable bonds is 12. The van der Waals surface area contributed by atoms with Gasteiger partial charge in [0.25, 0.3) is 5.91 Å². The van der Waals surface area contributed by atoms with Crippen LogP contribution in [0.25, 0.3) is 33.6 Å². The number of benzene rings is 3. The molecule has 1 amide bonds. The fourth-order valence-electron chi connectivity index (χ4n) is 4.91. The van der Waals surface area contributed by atoms with Crippen molar-refractivity contribution in [2.24, 2.45) is 5.92 Å². The number of aromatic amines is 1. The minimum atomic E-state index is -0.0694. The van der Waals surface area contributed by atoms with Gasteiger partial charge in [0.05, 0.1) is 6.20 Å². The van der Waals surface area contributed by atoms with Gasteiger partial charge in [-0.15, -0.1) is 10.2 Å². The molecule has 3 aromatic carbocycles. The van der Waals surface area contributed by atoms with Crippen molar-refractivity contribution in [1.82, 2.24) is 35.5 Å². The van der Waals surface area contributed by atoms with Crippen molar-refractivity contribution in [2.45, 2.75) is 53.0 Å². The number of nitrogens with one attached hydrogen (secondary N) is 2. The smallest absolute Gasteiger partial charge is 0.269 e. The summed E-state index contributed by atoms with van der Waals surface area (Å²) in [5, 5.41) is 17.9. The fraction of sp³-hybridized carbons (Fsp3) is 0.303. The summed E-state index contributed by atoms with van der Waals surface area (Å²) < 4.78 is 2.07. The molecule has 2 N–H and O–H groups in total. The zero-order valence-electron chi connectivity index (χ0n) is 24.0. The number of nitrogens with zero attached hydrogens (tertiary/aromatic N) is 5. The lowest BCUT2D eigenvalue weighted by molar-refractivity contribution is 0.0943. The second kappa shape index (κ2) is 13.2. The quantitative estimate of drug-likeness (QED) is 0.184. The van der Waals surface area contributed by atoms with Crippen molar-refractivity contribution in [1.29, 1.82) is 0 Å². The highest BCUT2D eigenvalue weighted by molar-refractivity contribution is 5.92. The number of unbranched alkanes of at least 4 members (excludes halogenated alkanes) is 1. The Bertz CT molecular complexity index is 1560. The highest BCUT2D eigenvalue weighted by atomic mass is 16.1. The molecule has 0 bridgehead atoms. The van der Waals surface area contributed by atoms with E-state index in [4.69, 9.17) is 0 Å². The first kappa shape index (κ1) is 28.0. The zero-order chi connectivity index (χ0) is 28.6. The molecular weight excluding hydrogens is 510 g/mol. The predicted molar refractivity (Wildman–Crippen MR) is 162 cm³/mol. The molecule has 0 aliphatic heterocycles. The van der Waals surface area contributed by atoms with E-state index >= 15 is 0 Å². The third kappa shape index (κ3) is 6.77. The first-order valence-electron chi connectivity index (χ1n) is 14.4. The molecule has 0 saturated heterocycles. The molecule has 0 radical (unpaired) electrons. The van der Waals surface area contributed by atoms with Crippen molar-refractivity contribution in [3.63, 3.8) is 0 Å². The maximum Gasteiger partial charge on any atom is 0.269 e. The Morgan fingerprint density at radius 3 is 2.44 bits per heavy atom. The third-order valence-electron chi connectivity index (χ3n) is 7.25. The van der Waals surface area contributed by atoms with Gasteiger partial charge in [0.2, 0.25) is 5.82 Å². The van der Waals surface area contributed by atoms with Gasteiger partial charge in [0.15, 0.2) is 0 Å². The lowest BCUT2D eigenvalue weighted by Gasteiger charge is -2.14. The minimum absolute atomic E-state index is 0.0694. The van der Waals surface area contributed by atoms with E-state index in [1.807, 2.05) is 24.3 Å². The van der Waals surface area contributed by atoms with Crippen LogP contribution >= 0.6 is 0 Å². The maximum atomic E-state index is 13.1. The van der Waals surface area contributed by atoms with E-state index in [1.165, 1.54) is 0 Å². The Balaban J connectivity index is 1.44. The number of aryl methyl sites for hydroxylation is 1. The van der Waals surface area contributed by atoms with Gasteiger partial charge < -0.3 is 9.88 Å². The van der Waals surface area contributed by atoms with E-state index in [0.717, 1.165) is 64.9 Å². The second-order valence-corrected chi connectivity index (χ2v) is 10.7. The van der Waals surface area contributed by atoms with E-state index in [1.54, 1.807) is 6.20 Å². The van der Waals surface area contributed by atoms with Crippen molar-refractivity contribution >= 4 is 5.91 Å². The fourth-order valence-corrected chi connectivity index (χ4v) is 4.91. The number of amides is 1. The molecule has 0 spiro atoms. The highest BCUT2D eigenvalue weighted by Gasteiger charge is 2.18. The number of carbonyl (C=O) groups excluding carboxylic acids is 1. The maximum absolute atomic E-state index is 13.1. The molecule has 0 aliphatic carbocycles. The van der Waals surface area contributed by atoms with E-state index in [0.29, 0.717) is 30.5 Å². The first-order chi connectivity index (χ1) is 20.0. The minimum Gasteiger partial charge on any atom is -0.351 e. The van der Waals surface area contributed by atoms with Gasteiger partial charge in [-0.2, -0.15) is 5.21 Å². The topological polar surface area (TPSA) is 101 Å². The number of aromatic nitrogens is 6. The van der Waals surface area contributed by atoms with Crippen molar-refractivity contribution in [2.75, 3.05) is 6.54 Å². The molecule has 2 heterocycles. The Morgan fingerprint density at radius 2 is 1.73 bits per heavy atom. The summed E-state index contributed by atoms with van der Waals surface area (Å²) in [6.45, 7) is 7.72. The summed E-state index contributed by atoms with van der Waals surface area (Å²) in [6.07, 6.45) is 5.61. The van der Waals surface area contributed by atoms with Crippen LogP contribution < -0.4 is 5.32 Å². The van der Waals surface area contributed by atoms with Crippen molar-refractivity contribution in [3.05, 3.63) is 96.1 Å². The second-order valence-electron chi connectivity index (χ2n) is 10.7. The van der Waals surface area contributed by atoms with Gasteiger partial charge in [-0.3, -0.25) is 4.79 Å². The molecule has 0 aliphatic rings. The van der Waals surface area contributed by atoms with Gasteiger partial charge in [-0.25, -0.2) is 4.98 Å². The van der Waals surface area contributed by atoms with E-state index in [9.17, 15) is 4.79 Å². The van der Waals surface area contributed by atoms with Crippen LogP contribution in [0.15, 0.2) is 79.0 Å². The SMILES string of the molecule is CCCCc1ncc(C(=O)NCCC(C)C)n1Cc1ccc(-c2cc(-c3ccccc3)ccc2-c2nn[nH]n2)cc1. The van der Waals surface area contributed by atoms with Crippen LogP contribution in [0.4, 0.5) is 0 Å². The summed E-state index contributed by atoms with van der Waals surface area (Å²) in [6, 6.07) is 25.1. The number of hydrogen-bond donors (Lipinski definition) is 2.